The van der Waals surface area contributed by atoms with E-state index >= 15 is 0 Å². The average molecular weight is 483 g/mol. The van der Waals surface area contributed by atoms with Crippen molar-refractivity contribution in [2.24, 2.45) is 0 Å². The molecule has 0 saturated carbocycles. The van der Waals surface area contributed by atoms with Crippen molar-refractivity contribution in [2.45, 2.75) is 50.1 Å². The number of fused-ring (bicyclic) bond motifs is 3. The number of hydrogen-bond donors (Lipinski definition) is 3. The lowest BCUT2D eigenvalue weighted by molar-refractivity contribution is -0.139. The number of carbonyl (C=O) groups excluding carboxylic acids is 2. The first kappa shape index (κ1) is 24.1. The van der Waals surface area contributed by atoms with E-state index in [0.29, 0.717) is 19.3 Å². The number of ether oxygens (including phenoxy) is 1. The number of alkyl carbamates (subject to hydrolysis) is 1. The fourth-order valence-electron chi connectivity index (χ4n) is 4.88. The van der Waals surface area contributed by atoms with Crippen LogP contribution in [0.5, 0.6) is 0 Å². The minimum absolute atomic E-state index is 0.0642. The lowest BCUT2D eigenvalue weighted by Gasteiger charge is -2.37. The molecule has 0 radical (unpaired) electrons. The van der Waals surface area contributed by atoms with Crippen molar-refractivity contribution in [2.75, 3.05) is 18.1 Å². The molecule has 1 atom stereocenters. The predicted octanol–water partition coefficient (Wildman–Crippen LogP) is 4.16. The molecule has 0 bridgehead atoms. The van der Waals surface area contributed by atoms with E-state index in [0.717, 1.165) is 33.8 Å². The summed E-state index contributed by atoms with van der Waals surface area (Å²) >= 11 is 1.75. The molecule has 2 amide bonds. The molecule has 1 aliphatic heterocycles. The van der Waals surface area contributed by atoms with Gasteiger partial charge in [-0.2, -0.15) is 11.8 Å². The third-order valence-electron chi connectivity index (χ3n) is 6.69. The Hall–Kier alpha value is -3.00. The van der Waals surface area contributed by atoms with Crippen molar-refractivity contribution in [1.29, 1.82) is 0 Å². The SMILES string of the molecule is CCC(NC(=O)OCC1c2ccccc2-c2ccccc21)C(=O)NC1(CC(=O)O)CCSCC1. The maximum absolute atomic E-state index is 13.0. The van der Waals surface area contributed by atoms with Gasteiger partial charge in [-0.25, -0.2) is 4.79 Å². The molecule has 1 heterocycles. The summed E-state index contributed by atoms with van der Waals surface area (Å²) in [4.78, 5) is 37.0. The van der Waals surface area contributed by atoms with Gasteiger partial charge in [0, 0.05) is 5.92 Å². The van der Waals surface area contributed by atoms with E-state index in [1.165, 1.54) is 0 Å². The Morgan fingerprint density at radius 2 is 1.65 bits per heavy atom. The molecule has 1 fully saturated rings. The highest BCUT2D eigenvalue weighted by atomic mass is 32.2. The molecule has 34 heavy (non-hydrogen) atoms. The van der Waals surface area contributed by atoms with Gasteiger partial charge in [-0.3, -0.25) is 9.59 Å². The first-order valence-electron chi connectivity index (χ1n) is 11.7. The Morgan fingerprint density at radius 3 is 2.21 bits per heavy atom. The zero-order valence-corrected chi connectivity index (χ0v) is 20.0. The van der Waals surface area contributed by atoms with Crippen molar-refractivity contribution in [3.63, 3.8) is 0 Å². The van der Waals surface area contributed by atoms with Crippen LogP contribution in [0.25, 0.3) is 11.1 Å². The van der Waals surface area contributed by atoms with Gasteiger partial charge in [-0.1, -0.05) is 55.5 Å². The largest absolute Gasteiger partial charge is 0.481 e. The van der Waals surface area contributed by atoms with E-state index in [2.05, 4.69) is 22.8 Å². The normalized spacial score (nSPS) is 17.2. The van der Waals surface area contributed by atoms with Crippen molar-refractivity contribution in [1.82, 2.24) is 10.6 Å². The first-order chi connectivity index (χ1) is 16.4. The number of hydrogen-bond acceptors (Lipinski definition) is 5. The van der Waals surface area contributed by atoms with Crippen LogP contribution in [0.2, 0.25) is 0 Å². The lowest BCUT2D eigenvalue weighted by Crippen LogP contribution is -2.57. The van der Waals surface area contributed by atoms with Gasteiger partial charge in [-0.05, 0) is 53.0 Å². The maximum Gasteiger partial charge on any atom is 0.407 e. The van der Waals surface area contributed by atoms with Gasteiger partial charge in [0.2, 0.25) is 5.91 Å². The molecule has 1 saturated heterocycles. The van der Waals surface area contributed by atoms with Crippen LogP contribution in [-0.4, -0.2) is 52.8 Å². The van der Waals surface area contributed by atoms with Crippen LogP contribution in [0, 0.1) is 0 Å². The second kappa shape index (κ2) is 10.5. The van der Waals surface area contributed by atoms with Crippen LogP contribution in [0.15, 0.2) is 48.5 Å². The van der Waals surface area contributed by atoms with Gasteiger partial charge >= 0.3 is 12.1 Å². The number of amides is 2. The van der Waals surface area contributed by atoms with Crippen molar-refractivity contribution >= 4 is 29.7 Å². The highest BCUT2D eigenvalue weighted by molar-refractivity contribution is 7.99. The second-order valence-electron chi connectivity index (χ2n) is 8.88. The zero-order valence-electron chi connectivity index (χ0n) is 19.2. The van der Waals surface area contributed by atoms with Gasteiger partial charge in [0.25, 0.3) is 0 Å². The number of thioether (sulfide) groups is 1. The Labute approximate surface area is 203 Å². The fraction of sp³-hybridized carbons (Fsp3) is 0.423. The maximum atomic E-state index is 13.0. The molecule has 1 unspecified atom stereocenters. The van der Waals surface area contributed by atoms with Crippen LogP contribution in [-0.2, 0) is 14.3 Å². The highest BCUT2D eigenvalue weighted by Crippen LogP contribution is 2.44. The summed E-state index contributed by atoms with van der Waals surface area (Å²) in [5.41, 5.74) is 3.75. The quantitative estimate of drug-likeness (QED) is 0.522. The van der Waals surface area contributed by atoms with Crippen molar-refractivity contribution < 1.29 is 24.2 Å². The molecular formula is C26H30N2O5S. The van der Waals surface area contributed by atoms with E-state index in [1.807, 2.05) is 36.4 Å². The van der Waals surface area contributed by atoms with Gasteiger partial charge < -0.3 is 20.5 Å². The standard InChI is InChI=1S/C26H30N2O5S/c1-2-22(24(31)28-26(15-23(29)30)11-13-34-14-12-26)27-25(32)33-16-21-19-9-5-3-7-17(19)18-8-4-6-10-20(18)21/h3-10,21-22H,2,11-16H2,1H3,(H,27,32)(H,28,31)(H,29,30). The van der Waals surface area contributed by atoms with Crippen LogP contribution >= 0.6 is 11.8 Å². The summed E-state index contributed by atoms with van der Waals surface area (Å²) in [6.07, 6.45) is 0.776. The van der Waals surface area contributed by atoms with Crippen LogP contribution in [0.3, 0.4) is 0 Å². The number of carboxylic acids is 1. The van der Waals surface area contributed by atoms with Crippen LogP contribution in [0.4, 0.5) is 4.79 Å². The Bertz CT molecular complexity index is 1020. The van der Waals surface area contributed by atoms with E-state index in [1.54, 1.807) is 18.7 Å². The topological polar surface area (TPSA) is 105 Å². The van der Waals surface area contributed by atoms with Crippen LogP contribution in [0.1, 0.15) is 49.7 Å². The number of aliphatic carboxylic acids is 1. The van der Waals surface area contributed by atoms with Crippen molar-refractivity contribution in [3.05, 3.63) is 59.7 Å². The summed E-state index contributed by atoms with van der Waals surface area (Å²) < 4.78 is 5.57. The van der Waals surface area contributed by atoms with E-state index in [9.17, 15) is 19.5 Å². The summed E-state index contributed by atoms with van der Waals surface area (Å²) in [6.45, 7) is 1.96. The molecule has 4 rings (SSSR count). The van der Waals surface area contributed by atoms with Crippen LogP contribution < -0.4 is 10.6 Å². The minimum atomic E-state index is -0.940. The van der Waals surface area contributed by atoms with Gasteiger partial charge in [0.1, 0.15) is 12.6 Å². The third kappa shape index (κ3) is 5.22. The molecule has 0 spiro atoms. The summed E-state index contributed by atoms with van der Waals surface area (Å²) in [5.74, 6) is 0.216. The van der Waals surface area contributed by atoms with Crippen molar-refractivity contribution in [3.8, 4) is 11.1 Å². The Balaban J connectivity index is 1.38. The summed E-state index contributed by atoms with van der Waals surface area (Å²) in [6, 6.07) is 15.4. The summed E-state index contributed by atoms with van der Waals surface area (Å²) in [7, 11) is 0. The molecule has 8 heteroatoms. The molecule has 0 aromatic heterocycles. The number of rotatable bonds is 8. The van der Waals surface area contributed by atoms with E-state index in [-0.39, 0.29) is 24.9 Å². The van der Waals surface area contributed by atoms with Gasteiger partial charge in [-0.15, -0.1) is 0 Å². The molecule has 2 aromatic carbocycles. The predicted molar refractivity (Wildman–Crippen MR) is 132 cm³/mol. The molecule has 2 aliphatic rings. The molecule has 7 nitrogen and oxygen atoms in total. The molecule has 1 aliphatic carbocycles. The lowest BCUT2D eigenvalue weighted by atomic mass is 9.88. The summed E-state index contributed by atoms with van der Waals surface area (Å²) in [5, 5.41) is 15.0. The first-order valence-corrected chi connectivity index (χ1v) is 12.8. The smallest absolute Gasteiger partial charge is 0.407 e. The zero-order chi connectivity index (χ0) is 24.1. The second-order valence-corrected chi connectivity index (χ2v) is 10.1. The Morgan fingerprint density at radius 1 is 1.06 bits per heavy atom. The van der Waals surface area contributed by atoms with E-state index < -0.39 is 23.6 Å². The fourth-order valence-corrected chi connectivity index (χ4v) is 6.16. The van der Waals surface area contributed by atoms with E-state index in [4.69, 9.17) is 4.74 Å². The molecule has 3 N–H and O–H groups in total. The van der Waals surface area contributed by atoms with Gasteiger partial charge in [0.15, 0.2) is 0 Å². The van der Waals surface area contributed by atoms with Gasteiger partial charge in [0.05, 0.1) is 12.0 Å². The number of benzene rings is 2. The molecule has 2 aromatic rings. The highest BCUT2D eigenvalue weighted by Gasteiger charge is 2.38. The minimum Gasteiger partial charge on any atom is -0.481 e. The number of nitrogens with one attached hydrogen (secondary N) is 2. The number of carbonyl (C=O) groups is 3. The average Bonchev–Trinajstić information content (AvgIpc) is 3.15. The monoisotopic (exact) mass is 482 g/mol. The third-order valence-corrected chi connectivity index (χ3v) is 7.67. The molecular weight excluding hydrogens is 452 g/mol. The number of carboxylic acid groups (broad SMARTS) is 1. The Kier molecular flexibility index (Phi) is 7.46. The molecule has 180 valence electrons.